The maximum Gasteiger partial charge on any atom is 0.211 e. The van der Waals surface area contributed by atoms with Gasteiger partial charge in [-0.2, -0.15) is 0 Å². The topological polar surface area (TPSA) is 60.4 Å². The summed E-state index contributed by atoms with van der Waals surface area (Å²) < 4.78 is 1.80. The highest BCUT2D eigenvalue weighted by molar-refractivity contribution is 6.30. The van der Waals surface area contributed by atoms with E-state index in [0.717, 1.165) is 11.1 Å². The number of anilines is 1. The van der Waals surface area contributed by atoms with Crippen LogP contribution < -0.4 is 5.73 Å². The molecule has 2 N–H and O–H groups in total. The van der Waals surface area contributed by atoms with Gasteiger partial charge in [-0.3, -0.25) is 9.20 Å². The monoisotopic (exact) mass is 347 g/mol. The minimum atomic E-state index is -0.118. The number of nitrogens with two attached hydrogens (primary N) is 1. The van der Waals surface area contributed by atoms with Crippen LogP contribution in [0.25, 0.3) is 16.8 Å². The van der Waals surface area contributed by atoms with Gasteiger partial charge >= 0.3 is 0 Å². The Hall–Kier alpha value is -3.11. The minimum Gasteiger partial charge on any atom is -0.399 e. The first kappa shape index (κ1) is 15.4. The lowest BCUT2D eigenvalue weighted by Crippen LogP contribution is -2.05. The average Bonchev–Trinajstić information content (AvgIpc) is 3.05. The van der Waals surface area contributed by atoms with Crippen molar-refractivity contribution in [3.8, 4) is 11.1 Å². The van der Waals surface area contributed by atoms with E-state index in [4.69, 9.17) is 17.3 Å². The van der Waals surface area contributed by atoms with Gasteiger partial charge in [0.05, 0.1) is 6.20 Å². The van der Waals surface area contributed by atoms with Crippen LogP contribution in [0.3, 0.4) is 0 Å². The van der Waals surface area contributed by atoms with Crippen molar-refractivity contribution in [3.63, 3.8) is 0 Å². The number of halogens is 1. The summed E-state index contributed by atoms with van der Waals surface area (Å²) in [6.45, 7) is 0. The van der Waals surface area contributed by atoms with Gasteiger partial charge in [0.15, 0.2) is 0 Å². The van der Waals surface area contributed by atoms with E-state index in [0.29, 0.717) is 27.6 Å². The van der Waals surface area contributed by atoms with Crippen LogP contribution in [-0.4, -0.2) is 15.2 Å². The molecular formula is C20H14ClN3O. The van der Waals surface area contributed by atoms with Crippen molar-refractivity contribution in [3.05, 3.63) is 89.3 Å². The molecule has 0 amide bonds. The van der Waals surface area contributed by atoms with Crippen molar-refractivity contribution < 1.29 is 4.79 Å². The van der Waals surface area contributed by atoms with Crippen LogP contribution in [0.5, 0.6) is 0 Å². The second kappa shape index (κ2) is 6.07. The zero-order valence-electron chi connectivity index (χ0n) is 13.2. The fourth-order valence-corrected chi connectivity index (χ4v) is 2.92. The van der Waals surface area contributed by atoms with Gasteiger partial charge in [0.1, 0.15) is 11.3 Å². The first-order chi connectivity index (χ1) is 12.1. The predicted molar refractivity (Wildman–Crippen MR) is 99.9 cm³/mol. The number of hydrogen-bond donors (Lipinski definition) is 1. The molecule has 0 aliphatic heterocycles. The predicted octanol–water partition coefficient (Wildman–Crippen LogP) is 4.47. The second-order valence-electron chi connectivity index (χ2n) is 5.75. The van der Waals surface area contributed by atoms with Crippen molar-refractivity contribution >= 4 is 28.7 Å². The molecule has 2 aromatic carbocycles. The van der Waals surface area contributed by atoms with Gasteiger partial charge in [-0.25, -0.2) is 4.98 Å². The molecule has 0 unspecified atom stereocenters. The number of rotatable bonds is 3. The summed E-state index contributed by atoms with van der Waals surface area (Å²) in [6, 6.07) is 18.4. The molecule has 0 saturated heterocycles. The van der Waals surface area contributed by atoms with Crippen LogP contribution in [0.4, 0.5) is 5.69 Å². The number of hydrogen-bond acceptors (Lipinski definition) is 3. The van der Waals surface area contributed by atoms with Gasteiger partial charge in [0.2, 0.25) is 5.78 Å². The smallest absolute Gasteiger partial charge is 0.211 e. The van der Waals surface area contributed by atoms with Gasteiger partial charge in [0.25, 0.3) is 0 Å². The lowest BCUT2D eigenvalue weighted by molar-refractivity contribution is 0.103. The lowest BCUT2D eigenvalue weighted by Gasteiger charge is -2.06. The number of nitrogen functional groups attached to an aromatic ring is 1. The summed E-state index contributed by atoms with van der Waals surface area (Å²) in [7, 11) is 0. The molecule has 25 heavy (non-hydrogen) atoms. The van der Waals surface area contributed by atoms with Crippen LogP contribution in [0, 0.1) is 0 Å². The molecule has 0 bridgehead atoms. The van der Waals surface area contributed by atoms with Crippen molar-refractivity contribution in [1.82, 2.24) is 9.38 Å². The fraction of sp³-hybridized carbons (Fsp3) is 0. The summed E-state index contributed by atoms with van der Waals surface area (Å²) in [5, 5.41) is 0.685. The van der Waals surface area contributed by atoms with E-state index in [9.17, 15) is 4.79 Å². The quantitative estimate of drug-likeness (QED) is 0.439. The number of benzene rings is 2. The maximum absolute atomic E-state index is 12.8. The number of pyridine rings is 1. The average molecular weight is 348 g/mol. The van der Waals surface area contributed by atoms with Gasteiger partial charge in [-0.05, 0) is 47.5 Å². The molecule has 4 nitrogen and oxygen atoms in total. The van der Waals surface area contributed by atoms with Crippen molar-refractivity contribution in [2.45, 2.75) is 0 Å². The number of imidazole rings is 1. The van der Waals surface area contributed by atoms with Crippen molar-refractivity contribution in [1.29, 1.82) is 0 Å². The molecule has 0 atom stereocenters. The van der Waals surface area contributed by atoms with Crippen molar-refractivity contribution in [2.75, 3.05) is 5.73 Å². The Balaban J connectivity index is 1.81. The Morgan fingerprint density at radius 1 is 1.00 bits per heavy atom. The summed E-state index contributed by atoms with van der Waals surface area (Å²) in [6.07, 6.45) is 3.50. The zero-order valence-corrected chi connectivity index (χ0v) is 13.9. The molecule has 2 heterocycles. The third kappa shape index (κ3) is 2.88. The molecule has 122 valence electrons. The van der Waals surface area contributed by atoms with Gasteiger partial charge in [0, 0.05) is 22.5 Å². The van der Waals surface area contributed by atoms with E-state index in [1.54, 1.807) is 34.9 Å². The summed E-state index contributed by atoms with van der Waals surface area (Å²) >= 11 is 5.95. The highest BCUT2D eigenvalue weighted by Gasteiger charge is 2.15. The third-order valence-electron chi connectivity index (χ3n) is 4.06. The Kier molecular flexibility index (Phi) is 3.75. The number of aromatic nitrogens is 2. The first-order valence-corrected chi connectivity index (χ1v) is 8.13. The first-order valence-electron chi connectivity index (χ1n) is 7.75. The molecule has 0 aliphatic carbocycles. The van der Waals surface area contributed by atoms with Crippen LogP contribution in [0.1, 0.15) is 16.1 Å². The van der Waals surface area contributed by atoms with E-state index in [-0.39, 0.29) is 5.78 Å². The van der Waals surface area contributed by atoms with Gasteiger partial charge < -0.3 is 5.73 Å². The Morgan fingerprint density at radius 2 is 1.76 bits per heavy atom. The maximum atomic E-state index is 12.8. The number of carbonyl (C=O) groups excluding carboxylic acids is 1. The van der Waals surface area contributed by atoms with E-state index in [1.807, 2.05) is 42.6 Å². The van der Waals surface area contributed by atoms with Crippen LogP contribution in [0.2, 0.25) is 5.02 Å². The fourth-order valence-electron chi connectivity index (χ4n) is 2.79. The van der Waals surface area contributed by atoms with E-state index < -0.39 is 0 Å². The highest BCUT2D eigenvalue weighted by Crippen LogP contribution is 2.23. The number of carbonyl (C=O) groups is 1. The Bertz CT molecular complexity index is 1080. The zero-order chi connectivity index (χ0) is 17.4. The molecule has 0 spiro atoms. The van der Waals surface area contributed by atoms with E-state index >= 15 is 0 Å². The molecular weight excluding hydrogens is 334 g/mol. The summed E-state index contributed by atoms with van der Waals surface area (Å²) in [4.78, 5) is 17.2. The number of ketones is 1. The van der Waals surface area contributed by atoms with Gasteiger partial charge in [-0.15, -0.1) is 0 Å². The number of nitrogens with zero attached hydrogens (tertiary/aromatic N) is 2. The molecule has 0 saturated carbocycles. The van der Waals surface area contributed by atoms with E-state index in [2.05, 4.69) is 4.98 Å². The SMILES string of the molecule is Nc1cccc(C(=O)c2cnc3ccc(-c4ccc(Cl)cc4)cn23)c1. The van der Waals surface area contributed by atoms with Crippen LogP contribution >= 0.6 is 11.6 Å². The summed E-state index contributed by atoms with van der Waals surface area (Å²) in [5.74, 6) is -0.118. The molecule has 2 aromatic heterocycles. The van der Waals surface area contributed by atoms with Crippen molar-refractivity contribution in [2.24, 2.45) is 0 Å². The lowest BCUT2D eigenvalue weighted by atomic mass is 10.1. The Labute approximate surface area is 149 Å². The third-order valence-corrected chi connectivity index (χ3v) is 4.32. The highest BCUT2D eigenvalue weighted by atomic mass is 35.5. The normalized spacial score (nSPS) is 10.9. The number of fused-ring (bicyclic) bond motifs is 1. The second-order valence-corrected chi connectivity index (χ2v) is 6.19. The Morgan fingerprint density at radius 3 is 2.52 bits per heavy atom. The molecule has 0 fully saturated rings. The molecule has 0 radical (unpaired) electrons. The standard InChI is InChI=1S/C20H14ClN3O/c21-16-7-4-13(5-8-16)15-6-9-19-23-11-18(24(19)12-15)20(25)14-2-1-3-17(22)10-14/h1-12H,22H2. The van der Waals surface area contributed by atoms with Crippen LogP contribution in [-0.2, 0) is 0 Å². The summed E-state index contributed by atoms with van der Waals surface area (Å²) in [5.41, 5.74) is 10.1. The molecule has 0 aliphatic rings. The molecule has 5 heteroatoms. The van der Waals surface area contributed by atoms with Gasteiger partial charge in [-0.1, -0.05) is 35.9 Å². The minimum absolute atomic E-state index is 0.118. The molecule has 4 rings (SSSR count). The van der Waals surface area contributed by atoms with E-state index in [1.165, 1.54) is 0 Å². The molecule has 4 aromatic rings. The van der Waals surface area contributed by atoms with Crippen LogP contribution in [0.15, 0.2) is 73.1 Å². The largest absolute Gasteiger partial charge is 0.399 e.